The van der Waals surface area contributed by atoms with Gasteiger partial charge in [0.25, 0.3) is 5.91 Å². The summed E-state index contributed by atoms with van der Waals surface area (Å²) >= 11 is 11.5. The average Bonchev–Trinajstić information content (AvgIpc) is 2.42. The van der Waals surface area contributed by atoms with E-state index in [0.29, 0.717) is 5.56 Å². The molecular weight excluding hydrogens is 283 g/mol. The molecule has 1 heterocycles. The van der Waals surface area contributed by atoms with Crippen molar-refractivity contribution in [2.24, 2.45) is 0 Å². The normalized spacial score (nSPS) is 10.3. The van der Waals surface area contributed by atoms with Crippen molar-refractivity contribution in [2.45, 2.75) is 13.3 Å². The van der Waals surface area contributed by atoms with Crippen molar-refractivity contribution in [3.63, 3.8) is 0 Å². The van der Waals surface area contributed by atoms with Gasteiger partial charge in [-0.05, 0) is 30.2 Å². The van der Waals surface area contributed by atoms with Crippen LogP contribution in [0, 0.1) is 0 Å². The second-order valence-corrected chi connectivity index (χ2v) is 4.77. The summed E-state index contributed by atoms with van der Waals surface area (Å²) < 4.78 is 0. The van der Waals surface area contributed by atoms with Crippen LogP contribution in [-0.4, -0.2) is 10.9 Å². The van der Waals surface area contributed by atoms with E-state index in [1.165, 1.54) is 17.8 Å². The summed E-state index contributed by atoms with van der Waals surface area (Å²) in [6, 6.07) is 9.17. The molecule has 98 valence electrons. The molecule has 1 aromatic carbocycles. The predicted octanol–water partition coefficient (Wildman–Crippen LogP) is 4.20. The lowest BCUT2D eigenvalue weighted by Crippen LogP contribution is -2.12. The average molecular weight is 295 g/mol. The van der Waals surface area contributed by atoms with Crippen molar-refractivity contribution in [1.29, 1.82) is 0 Å². The fourth-order valence-electron chi connectivity index (χ4n) is 1.57. The number of halogens is 2. The van der Waals surface area contributed by atoms with Gasteiger partial charge in [0.1, 0.15) is 5.15 Å². The van der Waals surface area contributed by atoms with Crippen LogP contribution in [0.15, 0.2) is 36.5 Å². The number of rotatable bonds is 3. The Hall–Kier alpha value is -1.58. The van der Waals surface area contributed by atoms with Crippen LogP contribution in [0.1, 0.15) is 22.8 Å². The summed E-state index contributed by atoms with van der Waals surface area (Å²) in [5.41, 5.74) is 2.32. The molecule has 19 heavy (non-hydrogen) atoms. The van der Waals surface area contributed by atoms with Gasteiger partial charge in [0.05, 0.1) is 10.6 Å². The van der Waals surface area contributed by atoms with Gasteiger partial charge < -0.3 is 5.32 Å². The van der Waals surface area contributed by atoms with Crippen molar-refractivity contribution in [1.82, 2.24) is 4.98 Å². The first-order valence-electron chi connectivity index (χ1n) is 5.81. The topological polar surface area (TPSA) is 42.0 Å². The molecule has 0 radical (unpaired) electrons. The molecule has 2 rings (SSSR count). The third-order valence-electron chi connectivity index (χ3n) is 2.68. The largest absolute Gasteiger partial charge is 0.322 e. The van der Waals surface area contributed by atoms with E-state index in [4.69, 9.17) is 23.2 Å². The van der Waals surface area contributed by atoms with Crippen molar-refractivity contribution in [3.8, 4) is 0 Å². The summed E-state index contributed by atoms with van der Waals surface area (Å²) in [5.74, 6) is -0.268. The van der Waals surface area contributed by atoms with E-state index in [2.05, 4.69) is 17.2 Å². The lowest BCUT2D eigenvalue weighted by atomic mass is 10.1. The van der Waals surface area contributed by atoms with Crippen molar-refractivity contribution >= 4 is 34.8 Å². The Bertz CT molecular complexity index is 597. The predicted molar refractivity (Wildman–Crippen MR) is 78.0 cm³/mol. The molecule has 0 unspecified atom stereocenters. The lowest BCUT2D eigenvalue weighted by molar-refractivity contribution is 0.102. The summed E-state index contributed by atoms with van der Waals surface area (Å²) in [4.78, 5) is 15.8. The highest BCUT2D eigenvalue weighted by Gasteiger charge is 2.09. The van der Waals surface area contributed by atoms with E-state index in [1.807, 2.05) is 24.3 Å². The summed E-state index contributed by atoms with van der Waals surface area (Å²) in [7, 11) is 0. The molecule has 0 saturated heterocycles. The molecular formula is C14H12Cl2N2O. The van der Waals surface area contributed by atoms with Gasteiger partial charge in [-0.3, -0.25) is 4.79 Å². The fraction of sp³-hybridized carbons (Fsp3) is 0.143. The molecule has 0 aliphatic heterocycles. The molecule has 0 bridgehead atoms. The van der Waals surface area contributed by atoms with Crippen LogP contribution in [0.25, 0.3) is 0 Å². The second kappa shape index (κ2) is 6.04. The number of nitrogens with one attached hydrogen (secondary N) is 1. The molecule has 0 fully saturated rings. The smallest absolute Gasteiger partial charge is 0.257 e. The second-order valence-electron chi connectivity index (χ2n) is 4.00. The van der Waals surface area contributed by atoms with Crippen LogP contribution >= 0.6 is 23.2 Å². The van der Waals surface area contributed by atoms with E-state index in [0.717, 1.165) is 12.1 Å². The standard InChI is InChI=1S/C14H12Cl2N2O/c1-2-9-3-5-11(6-4-9)18-14(19)10-7-12(15)13(16)17-8-10/h3-8H,2H2,1H3,(H,18,19). The maximum absolute atomic E-state index is 12.0. The van der Waals surface area contributed by atoms with Crippen LogP contribution < -0.4 is 5.32 Å². The number of aromatic nitrogens is 1. The number of aryl methyl sites for hydroxylation is 1. The number of carbonyl (C=O) groups is 1. The number of benzene rings is 1. The van der Waals surface area contributed by atoms with Crippen LogP contribution in [0.4, 0.5) is 5.69 Å². The van der Waals surface area contributed by atoms with E-state index < -0.39 is 0 Å². The minimum Gasteiger partial charge on any atom is -0.322 e. The van der Waals surface area contributed by atoms with E-state index in [1.54, 1.807) is 0 Å². The molecule has 0 aliphatic rings. The van der Waals surface area contributed by atoms with Gasteiger partial charge in [0.2, 0.25) is 0 Å². The Morgan fingerprint density at radius 1 is 1.26 bits per heavy atom. The molecule has 0 atom stereocenters. The highest BCUT2D eigenvalue weighted by molar-refractivity contribution is 6.41. The van der Waals surface area contributed by atoms with Crippen LogP contribution in [-0.2, 0) is 6.42 Å². The third-order valence-corrected chi connectivity index (χ3v) is 3.36. The third kappa shape index (κ3) is 3.46. The van der Waals surface area contributed by atoms with Crippen LogP contribution in [0.3, 0.4) is 0 Å². The van der Waals surface area contributed by atoms with E-state index >= 15 is 0 Å². The number of carbonyl (C=O) groups excluding carboxylic acids is 1. The zero-order valence-corrected chi connectivity index (χ0v) is 11.8. The van der Waals surface area contributed by atoms with Crippen LogP contribution in [0.5, 0.6) is 0 Å². The van der Waals surface area contributed by atoms with Gasteiger partial charge in [-0.25, -0.2) is 4.98 Å². The van der Waals surface area contributed by atoms with E-state index in [9.17, 15) is 4.79 Å². The summed E-state index contributed by atoms with van der Waals surface area (Å²) in [6.45, 7) is 2.08. The Labute approximate surface area is 121 Å². The minimum atomic E-state index is -0.268. The van der Waals surface area contributed by atoms with Gasteiger partial charge in [-0.2, -0.15) is 0 Å². The van der Waals surface area contributed by atoms with Gasteiger partial charge >= 0.3 is 0 Å². The van der Waals surface area contributed by atoms with E-state index in [-0.39, 0.29) is 16.1 Å². The molecule has 1 amide bonds. The first-order valence-corrected chi connectivity index (χ1v) is 6.57. The molecule has 5 heteroatoms. The number of anilines is 1. The monoisotopic (exact) mass is 294 g/mol. The fourth-order valence-corrected chi connectivity index (χ4v) is 1.84. The Kier molecular flexibility index (Phi) is 4.40. The molecule has 0 saturated carbocycles. The molecule has 1 aromatic heterocycles. The maximum atomic E-state index is 12.0. The van der Waals surface area contributed by atoms with Gasteiger partial charge in [0, 0.05) is 11.9 Å². The number of amides is 1. The Balaban J connectivity index is 2.13. The first-order chi connectivity index (χ1) is 9.10. The zero-order valence-electron chi connectivity index (χ0n) is 10.3. The minimum absolute atomic E-state index is 0.186. The molecule has 0 aliphatic carbocycles. The van der Waals surface area contributed by atoms with Gasteiger partial charge in [-0.15, -0.1) is 0 Å². The summed E-state index contributed by atoms with van der Waals surface area (Å²) in [5, 5.41) is 3.22. The highest BCUT2D eigenvalue weighted by atomic mass is 35.5. The van der Waals surface area contributed by atoms with Gasteiger partial charge in [-0.1, -0.05) is 42.3 Å². The lowest BCUT2D eigenvalue weighted by Gasteiger charge is -2.06. The molecule has 2 aromatic rings. The van der Waals surface area contributed by atoms with Crippen LogP contribution in [0.2, 0.25) is 10.2 Å². The Morgan fingerprint density at radius 3 is 2.53 bits per heavy atom. The zero-order chi connectivity index (χ0) is 13.8. The first kappa shape index (κ1) is 13.8. The number of hydrogen-bond donors (Lipinski definition) is 1. The maximum Gasteiger partial charge on any atom is 0.257 e. The molecule has 3 nitrogen and oxygen atoms in total. The Morgan fingerprint density at radius 2 is 1.95 bits per heavy atom. The quantitative estimate of drug-likeness (QED) is 0.862. The van der Waals surface area contributed by atoms with Crippen molar-refractivity contribution in [3.05, 3.63) is 57.8 Å². The number of hydrogen-bond acceptors (Lipinski definition) is 2. The highest BCUT2D eigenvalue weighted by Crippen LogP contribution is 2.20. The van der Waals surface area contributed by atoms with Crippen molar-refractivity contribution < 1.29 is 4.79 Å². The number of nitrogens with zero attached hydrogens (tertiary/aromatic N) is 1. The summed E-state index contributed by atoms with van der Waals surface area (Å²) in [6.07, 6.45) is 2.36. The van der Waals surface area contributed by atoms with Crippen molar-refractivity contribution in [2.75, 3.05) is 5.32 Å². The molecule has 0 spiro atoms. The number of pyridine rings is 1. The van der Waals surface area contributed by atoms with Gasteiger partial charge in [0.15, 0.2) is 0 Å². The SMILES string of the molecule is CCc1ccc(NC(=O)c2cnc(Cl)c(Cl)c2)cc1. The molecule has 1 N–H and O–H groups in total.